The molecule has 3 aromatic rings. The van der Waals surface area contributed by atoms with E-state index in [1.165, 1.54) is 24.4 Å². The lowest BCUT2D eigenvalue weighted by molar-refractivity contribution is 0.0601. The second kappa shape index (κ2) is 8.09. The summed E-state index contributed by atoms with van der Waals surface area (Å²) in [6.07, 6.45) is 1.30. The number of hydrogen-bond donors (Lipinski definition) is 1. The Balaban J connectivity index is 1.85. The first kappa shape index (κ1) is 18.1. The van der Waals surface area contributed by atoms with E-state index in [0.717, 1.165) is 5.69 Å². The van der Waals surface area contributed by atoms with Gasteiger partial charge in [-0.2, -0.15) is 0 Å². The molecular formula is C20H18N4O3. The van der Waals surface area contributed by atoms with Crippen molar-refractivity contribution in [2.45, 2.75) is 0 Å². The molecule has 1 N–H and O–H groups in total. The van der Waals surface area contributed by atoms with Gasteiger partial charge in [-0.1, -0.05) is 30.3 Å². The van der Waals surface area contributed by atoms with Gasteiger partial charge in [-0.25, -0.2) is 14.8 Å². The monoisotopic (exact) mass is 362 g/mol. The van der Waals surface area contributed by atoms with Crippen LogP contribution >= 0.6 is 0 Å². The van der Waals surface area contributed by atoms with Crippen LogP contribution in [0.1, 0.15) is 20.8 Å². The molecule has 0 atom stereocenters. The van der Waals surface area contributed by atoms with Crippen LogP contribution in [0.3, 0.4) is 0 Å². The van der Waals surface area contributed by atoms with E-state index in [0.29, 0.717) is 17.1 Å². The number of carbonyl (C=O) groups is 2. The summed E-state index contributed by atoms with van der Waals surface area (Å²) in [7, 11) is 3.00. The number of amides is 1. The average Bonchev–Trinajstić information content (AvgIpc) is 2.73. The van der Waals surface area contributed by atoms with Gasteiger partial charge in [0, 0.05) is 18.8 Å². The SMILES string of the molecule is COC(=O)c1ccccc1Nc1cc(C(=O)N(C)c2ccccc2)ncn1. The summed E-state index contributed by atoms with van der Waals surface area (Å²) in [5, 5.41) is 3.04. The van der Waals surface area contributed by atoms with Gasteiger partial charge in [0.2, 0.25) is 0 Å². The topological polar surface area (TPSA) is 84.4 Å². The van der Waals surface area contributed by atoms with Crippen LogP contribution in [0.5, 0.6) is 0 Å². The molecule has 1 aromatic heterocycles. The van der Waals surface area contributed by atoms with Crippen LogP contribution in [0.2, 0.25) is 0 Å². The molecule has 27 heavy (non-hydrogen) atoms. The Kier molecular flexibility index (Phi) is 5.41. The van der Waals surface area contributed by atoms with E-state index in [9.17, 15) is 9.59 Å². The molecule has 0 fully saturated rings. The van der Waals surface area contributed by atoms with E-state index in [1.54, 1.807) is 31.3 Å². The van der Waals surface area contributed by atoms with E-state index in [2.05, 4.69) is 15.3 Å². The first-order chi connectivity index (χ1) is 13.1. The van der Waals surface area contributed by atoms with Crippen LogP contribution in [0.15, 0.2) is 67.0 Å². The Morgan fingerprint density at radius 3 is 2.44 bits per heavy atom. The molecule has 0 spiro atoms. The van der Waals surface area contributed by atoms with Gasteiger partial charge in [0.15, 0.2) is 0 Å². The number of para-hydroxylation sites is 2. The third-order valence-electron chi connectivity index (χ3n) is 3.93. The summed E-state index contributed by atoms with van der Waals surface area (Å²) < 4.78 is 4.78. The number of carbonyl (C=O) groups excluding carboxylic acids is 2. The largest absolute Gasteiger partial charge is 0.465 e. The van der Waals surface area contributed by atoms with Crippen LogP contribution < -0.4 is 10.2 Å². The highest BCUT2D eigenvalue weighted by Crippen LogP contribution is 2.21. The number of aromatic nitrogens is 2. The number of ether oxygens (including phenoxy) is 1. The minimum atomic E-state index is -0.465. The highest BCUT2D eigenvalue weighted by Gasteiger charge is 2.17. The fraction of sp³-hybridized carbons (Fsp3) is 0.100. The number of esters is 1. The van der Waals surface area contributed by atoms with Gasteiger partial charge in [-0.05, 0) is 24.3 Å². The van der Waals surface area contributed by atoms with Gasteiger partial charge in [0.1, 0.15) is 17.8 Å². The smallest absolute Gasteiger partial charge is 0.339 e. The maximum atomic E-state index is 12.7. The third-order valence-corrected chi connectivity index (χ3v) is 3.93. The highest BCUT2D eigenvalue weighted by molar-refractivity contribution is 6.04. The zero-order chi connectivity index (χ0) is 19.2. The van der Waals surface area contributed by atoms with Crippen LogP contribution in [0.4, 0.5) is 17.2 Å². The number of methoxy groups -OCH3 is 1. The number of nitrogens with zero attached hydrogens (tertiary/aromatic N) is 3. The lowest BCUT2D eigenvalue weighted by Crippen LogP contribution is -2.27. The molecule has 0 aliphatic carbocycles. The highest BCUT2D eigenvalue weighted by atomic mass is 16.5. The Morgan fingerprint density at radius 1 is 1.00 bits per heavy atom. The molecule has 0 bridgehead atoms. The van der Waals surface area contributed by atoms with Crippen LogP contribution in [0, 0.1) is 0 Å². The first-order valence-corrected chi connectivity index (χ1v) is 8.19. The van der Waals surface area contributed by atoms with Crippen molar-refractivity contribution in [3.05, 3.63) is 78.2 Å². The molecule has 1 amide bonds. The van der Waals surface area contributed by atoms with Crippen molar-refractivity contribution in [3.8, 4) is 0 Å². The van der Waals surface area contributed by atoms with Crippen molar-refractivity contribution in [3.63, 3.8) is 0 Å². The normalized spacial score (nSPS) is 10.1. The summed E-state index contributed by atoms with van der Waals surface area (Å²) in [6.45, 7) is 0. The predicted molar refractivity (Wildman–Crippen MR) is 102 cm³/mol. The van der Waals surface area contributed by atoms with Crippen molar-refractivity contribution < 1.29 is 14.3 Å². The fourth-order valence-corrected chi connectivity index (χ4v) is 2.50. The minimum absolute atomic E-state index is 0.231. The van der Waals surface area contributed by atoms with Gasteiger partial charge in [-0.15, -0.1) is 0 Å². The Labute approximate surface area is 156 Å². The van der Waals surface area contributed by atoms with Crippen molar-refractivity contribution in [2.24, 2.45) is 0 Å². The van der Waals surface area contributed by atoms with E-state index < -0.39 is 5.97 Å². The summed E-state index contributed by atoms with van der Waals surface area (Å²) in [5.74, 6) is -0.341. The number of benzene rings is 2. The Bertz CT molecular complexity index is 960. The molecule has 0 unspecified atom stereocenters. The molecule has 0 saturated heterocycles. The van der Waals surface area contributed by atoms with E-state index in [-0.39, 0.29) is 11.6 Å². The molecule has 0 saturated carbocycles. The molecule has 0 radical (unpaired) electrons. The Hall–Kier alpha value is -3.74. The fourth-order valence-electron chi connectivity index (χ4n) is 2.50. The molecule has 3 rings (SSSR count). The second-order valence-corrected chi connectivity index (χ2v) is 5.65. The number of hydrogen-bond acceptors (Lipinski definition) is 6. The Morgan fingerprint density at radius 2 is 1.70 bits per heavy atom. The summed E-state index contributed by atoms with van der Waals surface area (Å²) in [6, 6.07) is 17.7. The number of anilines is 3. The third kappa shape index (κ3) is 4.09. The predicted octanol–water partition coefficient (Wildman–Crippen LogP) is 3.28. The maximum absolute atomic E-state index is 12.7. The van der Waals surface area contributed by atoms with Crippen LogP contribution in [0.25, 0.3) is 0 Å². The minimum Gasteiger partial charge on any atom is -0.465 e. The lowest BCUT2D eigenvalue weighted by atomic mass is 10.2. The van der Waals surface area contributed by atoms with E-state index >= 15 is 0 Å². The zero-order valence-corrected chi connectivity index (χ0v) is 14.9. The zero-order valence-electron chi connectivity index (χ0n) is 14.9. The quantitative estimate of drug-likeness (QED) is 0.701. The van der Waals surface area contributed by atoms with Gasteiger partial charge in [0.05, 0.1) is 18.4 Å². The van der Waals surface area contributed by atoms with E-state index in [1.807, 2.05) is 30.3 Å². The van der Waals surface area contributed by atoms with Crippen LogP contribution in [-0.2, 0) is 4.74 Å². The van der Waals surface area contributed by atoms with Gasteiger partial charge >= 0.3 is 5.97 Å². The molecule has 7 nitrogen and oxygen atoms in total. The second-order valence-electron chi connectivity index (χ2n) is 5.65. The van der Waals surface area contributed by atoms with Crippen molar-refractivity contribution in [1.29, 1.82) is 0 Å². The van der Waals surface area contributed by atoms with Crippen molar-refractivity contribution in [2.75, 3.05) is 24.4 Å². The summed E-state index contributed by atoms with van der Waals surface area (Å²) in [4.78, 5) is 34.3. The number of rotatable bonds is 5. The van der Waals surface area contributed by atoms with E-state index in [4.69, 9.17) is 4.74 Å². The van der Waals surface area contributed by atoms with Crippen molar-refractivity contribution >= 4 is 29.1 Å². The lowest BCUT2D eigenvalue weighted by Gasteiger charge is -2.17. The summed E-state index contributed by atoms with van der Waals surface area (Å²) in [5.41, 5.74) is 1.88. The maximum Gasteiger partial charge on any atom is 0.339 e. The standard InChI is InChI=1S/C20H18N4O3/c1-24(14-8-4-3-5-9-14)19(25)17-12-18(22-13-21-17)23-16-11-7-6-10-15(16)20(26)27-2/h3-13H,1-2H3,(H,21,22,23). The molecule has 1 heterocycles. The van der Waals surface area contributed by atoms with Gasteiger partial charge in [0.25, 0.3) is 5.91 Å². The first-order valence-electron chi connectivity index (χ1n) is 8.19. The van der Waals surface area contributed by atoms with Crippen LogP contribution in [-0.4, -0.2) is 36.0 Å². The summed E-state index contributed by atoms with van der Waals surface area (Å²) >= 11 is 0. The van der Waals surface area contributed by atoms with Gasteiger partial charge < -0.3 is 15.0 Å². The van der Waals surface area contributed by atoms with Crippen molar-refractivity contribution in [1.82, 2.24) is 9.97 Å². The molecule has 0 aliphatic rings. The molecular weight excluding hydrogens is 344 g/mol. The van der Waals surface area contributed by atoms with Gasteiger partial charge in [-0.3, -0.25) is 4.79 Å². The number of nitrogens with one attached hydrogen (secondary N) is 1. The molecule has 7 heteroatoms. The molecule has 136 valence electrons. The molecule has 2 aromatic carbocycles. The average molecular weight is 362 g/mol. The molecule has 0 aliphatic heterocycles.